The van der Waals surface area contributed by atoms with Crippen molar-refractivity contribution in [3.05, 3.63) is 64.2 Å². The Hall–Kier alpha value is -3.69. The molecule has 0 saturated heterocycles. The molecule has 15 heteroatoms. The molecular weight excluding hydrogens is 581 g/mol. The van der Waals surface area contributed by atoms with Crippen molar-refractivity contribution in [1.29, 1.82) is 0 Å². The fraction of sp³-hybridized carbons (Fsp3) is 0.571. The summed E-state index contributed by atoms with van der Waals surface area (Å²) >= 11 is 0. The number of carbonyl (C=O) groups excluding carboxylic acids is 2. The summed E-state index contributed by atoms with van der Waals surface area (Å²) in [5.41, 5.74) is -0.868. The maximum Gasteiger partial charge on any atom is 0.416 e. The number of hydrogen-bond donors (Lipinski definition) is 4. The Morgan fingerprint density at radius 1 is 1.16 bits per heavy atom. The predicted molar refractivity (Wildman–Crippen MR) is 145 cm³/mol. The standard InChI is InChI=1S/C28H37F3N2O10/c29-28(30,31)19-7-5-8-21(15-19)42-18-20(34)11-12-23-22(24(35)16-25(23)36)9-3-1-2-4-10-26(37)32-17-27(38)41-13-6-14-43-33(39)40/h1,3,5,7-8,11-12,15,20,22-25,34-36H,2,4,6,9-10,13-14,16-18H2,(H,32,37)/t20-,22-,23-,24+,25-/m1/s1. The third kappa shape index (κ3) is 13.9. The van der Waals surface area contributed by atoms with Crippen LogP contribution in [-0.2, 0) is 25.3 Å². The van der Waals surface area contributed by atoms with E-state index in [9.17, 15) is 48.2 Å². The van der Waals surface area contributed by atoms with Gasteiger partial charge in [-0.1, -0.05) is 30.4 Å². The summed E-state index contributed by atoms with van der Waals surface area (Å²) in [6.07, 6.45) is 1.26. The van der Waals surface area contributed by atoms with Crippen molar-refractivity contribution in [3.63, 3.8) is 0 Å². The highest BCUT2D eigenvalue weighted by Crippen LogP contribution is 2.36. The number of carbonyl (C=O) groups is 2. The van der Waals surface area contributed by atoms with Gasteiger partial charge in [0, 0.05) is 25.2 Å². The number of rotatable bonds is 18. The molecule has 240 valence electrons. The summed E-state index contributed by atoms with van der Waals surface area (Å²) in [7, 11) is 0. The minimum Gasteiger partial charge on any atom is -0.491 e. The van der Waals surface area contributed by atoms with Gasteiger partial charge in [-0.05, 0) is 43.4 Å². The van der Waals surface area contributed by atoms with Crippen LogP contribution in [0.3, 0.4) is 0 Å². The van der Waals surface area contributed by atoms with Crippen LogP contribution in [0.15, 0.2) is 48.6 Å². The van der Waals surface area contributed by atoms with E-state index >= 15 is 0 Å². The number of nitrogens with zero attached hydrogens (tertiary/aromatic N) is 1. The summed E-state index contributed by atoms with van der Waals surface area (Å²) in [5.74, 6) is -1.87. The van der Waals surface area contributed by atoms with Gasteiger partial charge in [-0.2, -0.15) is 13.2 Å². The number of halogens is 3. The molecule has 2 rings (SSSR count). The molecule has 1 aliphatic rings. The average Bonchev–Trinajstić information content (AvgIpc) is 3.22. The zero-order chi connectivity index (χ0) is 31.8. The number of ether oxygens (including phenoxy) is 2. The quantitative estimate of drug-likeness (QED) is 0.0629. The van der Waals surface area contributed by atoms with E-state index in [0.717, 1.165) is 12.1 Å². The molecule has 43 heavy (non-hydrogen) atoms. The van der Waals surface area contributed by atoms with E-state index in [0.29, 0.717) is 19.3 Å². The van der Waals surface area contributed by atoms with Gasteiger partial charge in [0.05, 0.1) is 31.0 Å². The van der Waals surface area contributed by atoms with E-state index in [1.165, 1.54) is 18.2 Å². The Kier molecular flexibility index (Phi) is 14.9. The lowest BCUT2D eigenvalue weighted by Crippen LogP contribution is -2.30. The van der Waals surface area contributed by atoms with Gasteiger partial charge in [0.2, 0.25) is 5.91 Å². The number of amides is 1. The summed E-state index contributed by atoms with van der Waals surface area (Å²) in [4.78, 5) is 37.5. The maximum absolute atomic E-state index is 12.9. The molecule has 5 atom stereocenters. The van der Waals surface area contributed by atoms with Crippen molar-refractivity contribution in [2.24, 2.45) is 11.8 Å². The molecule has 1 aliphatic carbocycles. The van der Waals surface area contributed by atoms with E-state index < -0.39 is 47.0 Å². The first kappa shape index (κ1) is 35.5. The number of esters is 1. The van der Waals surface area contributed by atoms with E-state index in [-0.39, 0.29) is 63.2 Å². The molecule has 0 bridgehead atoms. The Labute approximate surface area is 246 Å². The monoisotopic (exact) mass is 618 g/mol. The second-order valence-corrected chi connectivity index (χ2v) is 9.91. The van der Waals surface area contributed by atoms with Crippen LogP contribution in [0.4, 0.5) is 13.2 Å². The molecule has 1 aromatic rings. The van der Waals surface area contributed by atoms with Gasteiger partial charge < -0.3 is 34.9 Å². The number of allylic oxidation sites excluding steroid dienone is 2. The highest BCUT2D eigenvalue weighted by Gasteiger charge is 2.39. The van der Waals surface area contributed by atoms with Gasteiger partial charge in [0.15, 0.2) is 0 Å². The summed E-state index contributed by atoms with van der Waals surface area (Å²) < 4.78 is 48.6. The summed E-state index contributed by atoms with van der Waals surface area (Å²) in [5, 5.41) is 42.5. The number of nitrogens with one attached hydrogen (secondary N) is 1. The first-order valence-electron chi connectivity index (χ1n) is 13.7. The smallest absolute Gasteiger partial charge is 0.416 e. The second kappa shape index (κ2) is 18.1. The van der Waals surface area contributed by atoms with Crippen molar-refractivity contribution >= 4 is 11.9 Å². The predicted octanol–water partition coefficient (Wildman–Crippen LogP) is 2.73. The van der Waals surface area contributed by atoms with Crippen LogP contribution in [0, 0.1) is 22.0 Å². The van der Waals surface area contributed by atoms with Crippen LogP contribution in [0.5, 0.6) is 5.75 Å². The summed E-state index contributed by atoms with van der Waals surface area (Å²) in [6.45, 7) is -0.905. The largest absolute Gasteiger partial charge is 0.491 e. The lowest BCUT2D eigenvalue weighted by molar-refractivity contribution is -0.757. The van der Waals surface area contributed by atoms with E-state index in [1.807, 2.05) is 12.2 Å². The van der Waals surface area contributed by atoms with E-state index in [1.54, 1.807) is 6.08 Å². The first-order valence-corrected chi connectivity index (χ1v) is 13.7. The van der Waals surface area contributed by atoms with Crippen LogP contribution in [0.25, 0.3) is 0 Å². The molecule has 1 aromatic carbocycles. The SMILES string of the molecule is O=C(CCCC=CC[C@@H]1[C@@H](C=C[C@@H](O)COc2cccc(C(F)(F)F)c2)[C@H](O)C[C@@H]1O)NCC(=O)OCCCO[N+](=O)[O-]. The van der Waals surface area contributed by atoms with Gasteiger partial charge in [0.1, 0.15) is 25.0 Å². The van der Waals surface area contributed by atoms with Gasteiger partial charge in [-0.15, -0.1) is 10.1 Å². The average molecular weight is 619 g/mol. The van der Waals surface area contributed by atoms with Crippen LogP contribution in [0.2, 0.25) is 0 Å². The minimum absolute atomic E-state index is 0.0445. The van der Waals surface area contributed by atoms with Gasteiger partial charge in [0.25, 0.3) is 5.09 Å². The number of hydrogen-bond acceptors (Lipinski definition) is 10. The molecular formula is C28H37F3N2O10. The first-order chi connectivity index (χ1) is 20.4. The van der Waals surface area contributed by atoms with E-state index in [4.69, 9.17) is 9.47 Å². The Bertz CT molecular complexity index is 1100. The third-order valence-electron chi connectivity index (χ3n) is 6.58. The van der Waals surface area contributed by atoms with Crippen molar-refractivity contribution in [2.45, 2.75) is 63.0 Å². The molecule has 0 unspecified atom stereocenters. The summed E-state index contributed by atoms with van der Waals surface area (Å²) in [6, 6.07) is 4.30. The van der Waals surface area contributed by atoms with Gasteiger partial charge in [-0.25, -0.2) is 0 Å². The number of aliphatic hydroxyl groups excluding tert-OH is 3. The van der Waals surface area contributed by atoms with Crippen molar-refractivity contribution in [2.75, 3.05) is 26.4 Å². The molecule has 0 aromatic heterocycles. The van der Waals surface area contributed by atoms with Crippen molar-refractivity contribution in [1.82, 2.24) is 5.32 Å². The molecule has 1 saturated carbocycles. The fourth-order valence-corrected chi connectivity index (χ4v) is 4.41. The topological polar surface area (TPSA) is 178 Å². The molecule has 1 amide bonds. The fourth-order valence-electron chi connectivity index (χ4n) is 4.41. The van der Waals surface area contributed by atoms with E-state index in [2.05, 4.69) is 10.2 Å². The Morgan fingerprint density at radius 2 is 1.93 bits per heavy atom. The Morgan fingerprint density at radius 3 is 2.65 bits per heavy atom. The normalized spacial score (nSPS) is 21.2. The molecule has 4 N–H and O–H groups in total. The van der Waals surface area contributed by atoms with Crippen molar-refractivity contribution < 1.29 is 57.5 Å². The number of unbranched alkanes of at least 4 members (excludes halogenated alkanes) is 1. The molecule has 12 nitrogen and oxygen atoms in total. The lowest BCUT2D eigenvalue weighted by Gasteiger charge is -2.19. The van der Waals surface area contributed by atoms with Crippen LogP contribution < -0.4 is 10.1 Å². The Balaban J connectivity index is 1.68. The minimum atomic E-state index is -4.52. The second-order valence-electron chi connectivity index (χ2n) is 9.91. The van der Waals surface area contributed by atoms with Gasteiger partial charge >= 0.3 is 12.1 Å². The molecule has 0 heterocycles. The lowest BCUT2D eigenvalue weighted by atomic mass is 9.89. The van der Waals surface area contributed by atoms with Crippen LogP contribution in [-0.4, -0.2) is 77.0 Å². The zero-order valence-electron chi connectivity index (χ0n) is 23.4. The zero-order valence-corrected chi connectivity index (χ0v) is 23.4. The molecule has 0 spiro atoms. The number of alkyl halides is 3. The molecule has 1 fully saturated rings. The van der Waals surface area contributed by atoms with Crippen LogP contribution in [0.1, 0.15) is 44.1 Å². The highest BCUT2D eigenvalue weighted by molar-refractivity contribution is 5.81. The molecule has 0 radical (unpaired) electrons. The highest BCUT2D eigenvalue weighted by atomic mass is 19.4. The van der Waals surface area contributed by atoms with Crippen molar-refractivity contribution in [3.8, 4) is 5.75 Å². The third-order valence-corrected chi connectivity index (χ3v) is 6.58. The molecule has 0 aliphatic heterocycles. The number of aliphatic hydroxyl groups is 3. The maximum atomic E-state index is 12.9. The van der Waals surface area contributed by atoms with Crippen LogP contribution >= 0.6 is 0 Å². The van der Waals surface area contributed by atoms with Gasteiger partial charge in [-0.3, -0.25) is 9.59 Å². The number of benzene rings is 1.